The van der Waals surface area contributed by atoms with E-state index in [1.807, 2.05) is 0 Å². The van der Waals surface area contributed by atoms with Crippen LogP contribution < -0.4 is 4.74 Å². The van der Waals surface area contributed by atoms with E-state index in [-0.39, 0.29) is 5.69 Å². The zero-order chi connectivity index (χ0) is 14.9. The van der Waals surface area contributed by atoms with Gasteiger partial charge in [-0.3, -0.25) is 0 Å². The van der Waals surface area contributed by atoms with Crippen LogP contribution in [0.4, 0.5) is 13.2 Å². The Hall–Kier alpha value is -2.51. The summed E-state index contributed by atoms with van der Waals surface area (Å²) in [5.41, 5.74) is -1.68. The normalized spacial score (nSPS) is 11.4. The minimum absolute atomic E-state index is 0.164. The Morgan fingerprint density at radius 1 is 1.35 bits per heavy atom. The molecule has 0 radical (unpaired) electrons. The first-order valence-corrected chi connectivity index (χ1v) is 5.38. The Kier molecular flexibility index (Phi) is 3.39. The molecule has 0 amide bonds. The van der Waals surface area contributed by atoms with Gasteiger partial charge >= 0.3 is 12.1 Å². The average Bonchev–Trinajstić information content (AvgIpc) is 2.84. The van der Waals surface area contributed by atoms with Crippen molar-refractivity contribution in [2.45, 2.75) is 6.18 Å². The summed E-state index contributed by atoms with van der Waals surface area (Å²) in [6.07, 6.45) is -4.71. The van der Waals surface area contributed by atoms with Crippen LogP contribution in [0.25, 0.3) is 5.69 Å². The smallest absolute Gasteiger partial charge is 0.435 e. The maximum atomic E-state index is 12.6. The van der Waals surface area contributed by atoms with Crippen molar-refractivity contribution < 1.29 is 27.8 Å². The van der Waals surface area contributed by atoms with Crippen LogP contribution in [-0.4, -0.2) is 28.0 Å². The molecule has 1 heterocycles. The van der Waals surface area contributed by atoms with Crippen molar-refractivity contribution in [1.82, 2.24) is 9.78 Å². The van der Waals surface area contributed by atoms with Gasteiger partial charge < -0.3 is 9.84 Å². The van der Waals surface area contributed by atoms with Crippen LogP contribution in [0.3, 0.4) is 0 Å². The highest BCUT2D eigenvalue weighted by atomic mass is 19.4. The number of aromatic nitrogens is 2. The lowest BCUT2D eigenvalue weighted by Crippen LogP contribution is -2.09. The summed E-state index contributed by atoms with van der Waals surface area (Å²) in [5.74, 6) is -1.13. The second-order valence-electron chi connectivity index (χ2n) is 3.83. The SMILES string of the molecule is COc1cccc(-n2nc(C(F)(F)F)cc2C(=O)O)c1. The number of benzene rings is 1. The third-order valence-electron chi connectivity index (χ3n) is 2.52. The van der Waals surface area contributed by atoms with Gasteiger partial charge in [-0.05, 0) is 12.1 Å². The van der Waals surface area contributed by atoms with E-state index in [0.29, 0.717) is 16.5 Å². The topological polar surface area (TPSA) is 64.4 Å². The highest BCUT2D eigenvalue weighted by Gasteiger charge is 2.36. The van der Waals surface area contributed by atoms with Crippen molar-refractivity contribution in [3.63, 3.8) is 0 Å². The van der Waals surface area contributed by atoms with E-state index < -0.39 is 23.5 Å². The zero-order valence-corrected chi connectivity index (χ0v) is 10.2. The van der Waals surface area contributed by atoms with Crippen LogP contribution in [0.15, 0.2) is 30.3 Å². The fourth-order valence-corrected chi connectivity index (χ4v) is 1.61. The molecule has 2 rings (SSSR count). The lowest BCUT2D eigenvalue weighted by atomic mass is 10.3. The number of carboxylic acids is 1. The molecule has 0 spiro atoms. The maximum Gasteiger partial charge on any atom is 0.435 e. The number of methoxy groups -OCH3 is 1. The molecule has 0 aliphatic carbocycles. The molecule has 1 N–H and O–H groups in total. The summed E-state index contributed by atoms with van der Waals surface area (Å²) >= 11 is 0. The Morgan fingerprint density at radius 2 is 2.05 bits per heavy atom. The largest absolute Gasteiger partial charge is 0.497 e. The molecule has 0 fully saturated rings. The van der Waals surface area contributed by atoms with Crippen LogP contribution in [0.5, 0.6) is 5.75 Å². The van der Waals surface area contributed by atoms with Gasteiger partial charge in [0.1, 0.15) is 5.75 Å². The molecule has 106 valence electrons. The number of hydrogen-bond donors (Lipinski definition) is 1. The Morgan fingerprint density at radius 3 is 2.60 bits per heavy atom. The van der Waals surface area contributed by atoms with Crippen molar-refractivity contribution in [3.8, 4) is 11.4 Å². The van der Waals surface area contributed by atoms with Crippen molar-refractivity contribution >= 4 is 5.97 Å². The molecule has 1 aromatic carbocycles. The number of rotatable bonds is 3. The van der Waals surface area contributed by atoms with Crippen LogP contribution in [0.1, 0.15) is 16.2 Å². The molecule has 0 bridgehead atoms. The predicted molar refractivity (Wildman–Crippen MR) is 62.1 cm³/mol. The standard InChI is InChI=1S/C12H9F3N2O3/c1-20-8-4-2-3-7(5-8)17-9(11(18)19)6-10(16-17)12(13,14)15/h2-6H,1H3,(H,18,19). The number of nitrogens with zero attached hydrogens (tertiary/aromatic N) is 2. The quantitative estimate of drug-likeness (QED) is 0.942. The minimum atomic E-state index is -4.71. The predicted octanol–water partition coefficient (Wildman–Crippen LogP) is 2.60. The number of aromatic carboxylic acids is 1. The number of carbonyl (C=O) groups is 1. The summed E-state index contributed by atoms with van der Waals surface area (Å²) in [5, 5.41) is 12.3. The van der Waals surface area contributed by atoms with Crippen molar-refractivity contribution in [2.24, 2.45) is 0 Å². The maximum absolute atomic E-state index is 12.6. The Balaban J connectivity index is 2.60. The van der Waals surface area contributed by atoms with Crippen LogP contribution >= 0.6 is 0 Å². The van der Waals surface area contributed by atoms with Gasteiger partial charge in [-0.1, -0.05) is 6.07 Å². The number of alkyl halides is 3. The number of carboxylic acid groups (broad SMARTS) is 1. The van der Waals surface area contributed by atoms with Crippen LogP contribution in [0, 0.1) is 0 Å². The Labute approximate surface area is 111 Å². The van der Waals surface area contributed by atoms with E-state index in [4.69, 9.17) is 9.84 Å². The first-order valence-electron chi connectivity index (χ1n) is 5.38. The summed E-state index contributed by atoms with van der Waals surface area (Å²) in [6.45, 7) is 0. The third kappa shape index (κ3) is 2.58. The van der Waals surface area contributed by atoms with Gasteiger partial charge in [0, 0.05) is 12.1 Å². The van der Waals surface area contributed by atoms with Gasteiger partial charge in [0.25, 0.3) is 0 Å². The molecule has 8 heteroatoms. The minimum Gasteiger partial charge on any atom is -0.497 e. The molecule has 0 unspecified atom stereocenters. The van der Waals surface area contributed by atoms with E-state index >= 15 is 0 Å². The third-order valence-corrected chi connectivity index (χ3v) is 2.52. The zero-order valence-electron chi connectivity index (χ0n) is 10.2. The van der Waals surface area contributed by atoms with Crippen molar-refractivity contribution in [1.29, 1.82) is 0 Å². The molecule has 2 aromatic rings. The first kappa shape index (κ1) is 13.9. The van der Waals surface area contributed by atoms with Crippen molar-refractivity contribution in [2.75, 3.05) is 7.11 Å². The number of ether oxygens (including phenoxy) is 1. The average molecular weight is 286 g/mol. The molecule has 1 aromatic heterocycles. The summed E-state index contributed by atoms with van der Waals surface area (Å²) in [4.78, 5) is 11.0. The van der Waals surface area contributed by atoms with Gasteiger partial charge in [0.15, 0.2) is 11.4 Å². The fourth-order valence-electron chi connectivity index (χ4n) is 1.61. The molecule has 0 saturated carbocycles. The second-order valence-corrected chi connectivity index (χ2v) is 3.83. The van der Waals surface area contributed by atoms with Gasteiger partial charge in [0.05, 0.1) is 12.8 Å². The summed E-state index contributed by atoms with van der Waals surface area (Å²) < 4.78 is 43.5. The highest BCUT2D eigenvalue weighted by Crippen LogP contribution is 2.30. The summed E-state index contributed by atoms with van der Waals surface area (Å²) in [6, 6.07) is 6.41. The van der Waals surface area contributed by atoms with E-state index in [1.165, 1.54) is 25.3 Å². The number of halogens is 3. The molecule has 20 heavy (non-hydrogen) atoms. The van der Waals surface area contributed by atoms with E-state index in [0.717, 1.165) is 0 Å². The van der Waals surface area contributed by atoms with E-state index in [9.17, 15) is 18.0 Å². The van der Waals surface area contributed by atoms with Gasteiger partial charge in [-0.15, -0.1) is 0 Å². The molecule has 0 atom stereocenters. The molecular weight excluding hydrogens is 277 g/mol. The molecular formula is C12H9F3N2O3. The van der Waals surface area contributed by atoms with Crippen LogP contribution in [0.2, 0.25) is 0 Å². The van der Waals surface area contributed by atoms with Gasteiger partial charge in [0.2, 0.25) is 0 Å². The second kappa shape index (κ2) is 4.87. The molecule has 0 aliphatic rings. The highest BCUT2D eigenvalue weighted by molar-refractivity contribution is 5.86. The lowest BCUT2D eigenvalue weighted by Gasteiger charge is -2.06. The van der Waals surface area contributed by atoms with Gasteiger partial charge in [-0.2, -0.15) is 18.3 Å². The first-order chi connectivity index (χ1) is 9.32. The van der Waals surface area contributed by atoms with E-state index in [2.05, 4.69) is 5.10 Å². The Bertz CT molecular complexity index is 650. The monoisotopic (exact) mass is 286 g/mol. The fraction of sp³-hybridized carbons (Fsp3) is 0.167. The van der Waals surface area contributed by atoms with Crippen LogP contribution in [-0.2, 0) is 6.18 Å². The van der Waals surface area contributed by atoms with E-state index in [1.54, 1.807) is 6.07 Å². The summed E-state index contributed by atoms with van der Waals surface area (Å²) in [7, 11) is 1.39. The molecule has 5 nitrogen and oxygen atoms in total. The lowest BCUT2D eigenvalue weighted by molar-refractivity contribution is -0.141. The van der Waals surface area contributed by atoms with Crippen molar-refractivity contribution in [3.05, 3.63) is 41.7 Å². The van der Waals surface area contributed by atoms with Gasteiger partial charge in [-0.25, -0.2) is 9.48 Å². The number of hydrogen-bond acceptors (Lipinski definition) is 3. The molecule has 0 saturated heterocycles. The molecule has 0 aliphatic heterocycles.